The molecule has 2 aromatic heterocycles. The molecule has 0 fully saturated rings. The zero-order valence-corrected chi connectivity index (χ0v) is 15.4. The average molecular weight is 352 g/mol. The van der Waals surface area contributed by atoms with Gasteiger partial charge in [-0.1, -0.05) is 18.7 Å². The summed E-state index contributed by atoms with van der Waals surface area (Å²) in [7, 11) is 1.65. The number of hydrogen-bond acceptors (Lipinski definition) is 6. The first-order chi connectivity index (χ1) is 11.6. The Bertz CT molecular complexity index is 668. The Morgan fingerprint density at radius 1 is 1.50 bits per heavy atom. The number of thioether (sulfide) groups is 1. The van der Waals surface area contributed by atoms with E-state index in [1.165, 1.54) is 11.8 Å². The molecule has 0 radical (unpaired) electrons. The minimum atomic E-state index is -0.00307. The number of rotatable bonds is 9. The molecule has 8 heteroatoms. The van der Waals surface area contributed by atoms with Gasteiger partial charge < -0.3 is 14.5 Å². The van der Waals surface area contributed by atoms with Gasteiger partial charge in [0, 0.05) is 13.2 Å². The molecule has 0 saturated heterocycles. The van der Waals surface area contributed by atoms with Crippen LogP contribution >= 0.6 is 11.8 Å². The molecular formula is C16H24N4O3S. The number of furan rings is 1. The predicted molar refractivity (Wildman–Crippen MR) is 93.0 cm³/mol. The minimum absolute atomic E-state index is 0.00307. The third-order valence-electron chi connectivity index (χ3n) is 3.69. The number of ether oxygens (including phenoxy) is 1. The Morgan fingerprint density at radius 3 is 2.92 bits per heavy atom. The lowest BCUT2D eigenvalue weighted by Gasteiger charge is -2.12. The smallest absolute Gasteiger partial charge is 0.230 e. The fraction of sp³-hybridized carbons (Fsp3) is 0.562. The van der Waals surface area contributed by atoms with Crippen molar-refractivity contribution in [3.8, 4) is 11.4 Å². The van der Waals surface area contributed by atoms with Gasteiger partial charge in [0.2, 0.25) is 5.91 Å². The number of aryl methyl sites for hydroxylation is 1. The summed E-state index contributed by atoms with van der Waals surface area (Å²) in [5, 5.41) is 12.2. The minimum Gasteiger partial charge on any atom is -0.469 e. The Hall–Kier alpha value is -1.80. The largest absolute Gasteiger partial charge is 0.469 e. The maximum absolute atomic E-state index is 12.0. The molecule has 0 bridgehead atoms. The van der Waals surface area contributed by atoms with Gasteiger partial charge in [0.05, 0.1) is 30.7 Å². The molecule has 2 rings (SSSR count). The van der Waals surface area contributed by atoms with Gasteiger partial charge in [-0.05, 0) is 26.3 Å². The van der Waals surface area contributed by atoms with Crippen molar-refractivity contribution in [1.29, 1.82) is 0 Å². The van der Waals surface area contributed by atoms with Crippen molar-refractivity contribution in [2.75, 3.05) is 19.5 Å². The van der Waals surface area contributed by atoms with E-state index in [9.17, 15) is 4.79 Å². The zero-order chi connectivity index (χ0) is 17.5. The first-order valence-electron chi connectivity index (χ1n) is 7.95. The molecule has 0 aromatic carbocycles. The van der Waals surface area contributed by atoms with Gasteiger partial charge in [-0.15, -0.1) is 10.2 Å². The maximum Gasteiger partial charge on any atom is 0.230 e. The van der Waals surface area contributed by atoms with Gasteiger partial charge in [0.1, 0.15) is 5.76 Å². The summed E-state index contributed by atoms with van der Waals surface area (Å²) < 4.78 is 12.5. The summed E-state index contributed by atoms with van der Waals surface area (Å²) in [5.74, 6) is 1.81. The van der Waals surface area contributed by atoms with Crippen LogP contribution in [-0.4, -0.2) is 46.2 Å². The first kappa shape index (κ1) is 18.5. The third-order valence-corrected chi connectivity index (χ3v) is 4.65. The summed E-state index contributed by atoms with van der Waals surface area (Å²) in [6.45, 7) is 7.06. The van der Waals surface area contributed by atoms with E-state index < -0.39 is 0 Å². The van der Waals surface area contributed by atoms with Crippen molar-refractivity contribution < 1.29 is 13.9 Å². The van der Waals surface area contributed by atoms with Crippen LogP contribution in [0.25, 0.3) is 11.4 Å². The second-order valence-electron chi connectivity index (χ2n) is 5.51. The molecule has 0 spiro atoms. The number of carbonyl (C=O) groups is 1. The van der Waals surface area contributed by atoms with Crippen molar-refractivity contribution in [2.45, 2.75) is 44.9 Å². The van der Waals surface area contributed by atoms with Crippen LogP contribution in [0.1, 0.15) is 26.0 Å². The summed E-state index contributed by atoms with van der Waals surface area (Å²) in [6.07, 6.45) is 2.54. The van der Waals surface area contributed by atoms with Crippen molar-refractivity contribution in [3.63, 3.8) is 0 Å². The lowest BCUT2D eigenvalue weighted by Crippen LogP contribution is -2.33. The number of amides is 1. The van der Waals surface area contributed by atoms with Crippen molar-refractivity contribution in [3.05, 3.63) is 18.1 Å². The van der Waals surface area contributed by atoms with Gasteiger partial charge in [0.25, 0.3) is 0 Å². The second kappa shape index (κ2) is 8.89. The van der Waals surface area contributed by atoms with E-state index in [4.69, 9.17) is 9.15 Å². The second-order valence-corrected chi connectivity index (χ2v) is 6.45. The molecule has 1 amide bonds. The Morgan fingerprint density at radius 2 is 2.29 bits per heavy atom. The Kier molecular flexibility index (Phi) is 6.86. The van der Waals surface area contributed by atoms with Gasteiger partial charge in [-0.25, -0.2) is 0 Å². The number of nitrogens with zero attached hydrogens (tertiary/aromatic N) is 3. The van der Waals surface area contributed by atoms with Crippen LogP contribution in [0.5, 0.6) is 0 Å². The summed E-state index contributed by atoms with van der Waals surface area (Å²) in [4.78, 5) is 12.0. The van der Waals surface area contributed by atoms with Crippen LogP contribution < -0.4 is 5.32 Å². The van der Waals surface area contributed by atoms with E-state index in [1.54, 1.807) is 13.4 Å². The molecule has 0 aliphatic heterocycles. The molecule has 0 saturated carbocycles. The number of aromatic nitrogens is 3. The molecule has 1 unspecified atom stereocenters. The monoisotopic (exact) mass is 352 g/mol. The maximum atomic E-state index is 12.0. The quantitative estimate of drug-likeness (QED) is 0.698. The summed E-state index contributed by atoms with van der Waals surface area (Å²) in [5.41, 5.74) is 0.898. The predicted octanol–water partition coefficient (Wildman–Crippen LogP) is 2.50. The third kappa shape index (κ3) is 4.61. The number of hydrogen-bond donors (Lipinski definition) is 1. The van der Waals surface area contributed by atoms with Crippen LogP contribution in [-0.2, 0) is 16.1 Å². The fourth-order valence-corrected chi connectivity index (χ4v) is 2.92. The molecule has 0 aliphatic rings. The van der Waals surface area contributed by atoms with Crippen LogP contribution in [0.4, 0.5) is 0 Å². The van der Waals surface area contributed by atoms with Crippen molar-refractivity contribution in [1.82, 2.24) is 20.1 Å². The number of carbonyl (C=O) groups excluding carboxylic acids is 1. The molecule has 0 aliphatic carbocycles. The van der Waals surface area contributed by atoms with Crippen LogP contribution in [0.15, 0.2) is 21.9 Å². The van der Waals surface area contributed by atoms with Gasteiger partial charge in [-0.2, -0.15) is 0 Å². The van der Waals surface area contributed by atoms with Gasteiger partial charge >= 0.3 is 0 Å². The molecule has 1 N–H and O–H groups in total. The van der Waals surface area contributed by atoms with Crippen LogP contribution in [0.3, 0.4) is 0 Å². The van der Waals surface area contributed by atoms with Crippen LogP contribution in [0.2, 0.25) is 0 Å². The molecule has 2 heterocycles. The SMILES string of the molecule is CCC(C)NC(=O)CSc1nnc(-c2ccoc2C)n1CCOC. The number of nitrogens with one attached hydrogen (secondary N) is 1. The van der Waals surface area contributed by atoms with Crippen LogP contribution in [0, 0.1) is 6.92 Å². The molecular weight excluding hydrogens is 328 g/mol. The van der Waals surface area contributed by atoms with E-state index in [1.807, 2.05) is 31.4 Å². The molecule has 2 aromatic rings. The topological polar surface area (TPSA) is 82.2 Å². The van der Waals surface area contributed by atoms with E-state index in [2.05, 4.69) is 15.5 Å². The normalized spacial score (nSPS) is 12.3. The van der Waals surface area contributed by atoms with Gasteiger partial charge in [0.15, 0.2) is 11.0 Å². The van der Waals surface area contributed by atoms with E-state index in [0.717, 1.165) is 23.6 Å². The lowest BCUT2D eigenvalue weighted by atomic mass is 10.2. The zero-order valence-electron chi connectivity index (χ0n) is 14.5. The number of methoxy groups -OCH3 is 1. The Balaban J connectivity index is 2.13. The van der Waals surface area contributed by atoms with Gasteiger partial charge in [-0.3, -0.25) is 9.36 Å². The van der Waals surface area contributed by atoms with E-state index >= 15 is 0 Å². The van der Waals surface area contributed by atoms with E-state index in [-0.39, 0.29) is 11.9 Å². The summed E-state index contributed by atoms with van der Waals surface area (Å²) >= 11 is 1.37. The highest BCUT2D eigenvalue weighted by atomic mass is 32.2. The van der Waals surface area contributed by atoms with Crippen molar-refractivity contribution >= 4 is 17.7 Å². The highest BCUT2D eigenvalue weighted by Crippen LogP contribution is 2.26. The van der Waals surface area contributed by atoms with E-state index in [0.29, 0.717) is 24.1 Å². The average Bonchev–Trinajstić information content (AvgIpc) is 3.16. The molecule has 24 heavy (non-hydrogen) atoms. The lowest BCUT2D eigenvalue weighted by molar-refractivity contribution is -0.119. The fourth-order valence-electron chi connectivity index (χ4n) is 2.14. The highest BCUT2D eigenvalue weighted by Gasteiger charge is 2.18. The standard InChI is InChI=1S/C16H24N4O3S/c1-5-11(2)17-14(21)10-24-16-19-18-15(20(16)7-9-22-4)13-6-8-23-12(13)3/h6,8,11H,5,7,9-10H2,1-4H3,(H,17,21). The highest BCUT2D eigenvalue weighted by molar-refractivity contribution is 7.99. The molecule has 7 nitrogen and oxygen atoms in total. The van der Waals surface area contributed by atoms with Crippen molar-refractivity contribution in [2.24, 2.45) is 0 Å². The first-order valence-corrected chi connectivity index (χ1v) is 8.94. The summed E-state index contributed by atoms with van der Waals surface area (Å²) in [6, 6.07) is 2.04. The molecule has 132 valence electrons. The molecule has 1 atom stereocenters. The Labute approximate surface area is 146 Å².